The number of nitrogens with one attached hydrogen (secondary N) is 1. The molecule has 0 aliphatic heterocycles. The lowest BCUT2D eigenvalue weighted by Crippen LogP contribution is -2.33. The van der Waals surface area contributed by atoms with Crippen molar-refractivity contribution in [1.82, 2.24) is 25.5 Å². The zero-order chi connectivity index (χ0) is 14.5. The molecule has 0 radical (unpaired) electrons. The van der Waals surface area contributed by atoms with Crippen LogP contribution < -0.4 is 5.32 Å². The van der Waals surface area contributed by atoms with Gasteiger partial charge in [0.2, 0.25) is 0 Å². The van der Waals surface area contributed by atoms with E-state index in [-0.39, 0.29) is 18.6 Å². The molecule has 1 unspecified atom stereocenters. The van der Waals surface area contributed by atoms with Gasteiger partial charge in [-0.25, -0.2) is 0 Å². The van der Waals surface area contributed by atoms with E-state index in [1.807, 2.05) is 6.92 Å². The summed E-state index contributed by atoms with van der Waals surface area (Å²) in [6.45, 7) is 1.83. The first kappa shape index (κ1) is 14.4. The lowest BCUT2D eigenvalue weighted by Gasteiger charge is -2.14. The van der Waals surface area contributed by atoms with Crippen molar-refractivity contribution < 1.29 is 9.90 Å². The number of benzene rings is 1. The minimum atomic E-state index is -0.293. The van der Waals surface area contributed by atoms with Crippen LogP contribution in [-0.2, 0) is 0 Å². The van der Waals surface area contributed by atoms with Crippen molar-refractivity contribution in [3.8, 4) is 5.69 Å². The Balaban J connectivity index is 2.30. The predicted octanol–water partition coefficient (Wildman–Crippen LogP) is 0.816. The average molecular weight is 296 g/mol. The first-order valence-electron chi connectivity index (χ1n) is 6.06. The summed E-state index contributed by atoms with van der Waals surface area (Å²) in [6.07, 6.45) is 1.88. The van der Waals surface area contributed by atoms with Gasteiger partial charge in [-0.2, -0.15) is 4.68 Å². The Morgan fingerprint density at radius 3 is 3.00 bits per heavy atom. The number of nitrogens with zero attached hydrogens (tertiary/aromatic N) is 4. The molecule has 20 heavy (non-hydrogen) atoms. The summed E-state index contributed by atoms with van der Waals surface area (Å²) in [5.74, 6) is -0.293. The normalized spacial score (nSPS) is 12.2. The number of aliphatic hydroxyl groups is 1. The number of aromatic nitrogens is 4. The van der Waals surface area contributed by atoms with Gasteiger partial charge < -0.3 is 10.4 Å². The maximum Gasteiger partial charge on any atom is 0.253 e. The van der Waals surface area contributed by atoms with Crippen LogP contribution in [0, 0.1) is 0 Å². The van der Waals surface area contributed by atoms with Crippen LogP contribution in [0.15, 0.2) is 24.5 Å². The molecule has 1 amide bonds. The van der Waals surface area contributed by atoms with Gasteiger partial charge in [0.1, 0.15) is 6.33 Å². The van der Waals surface area contributed by atoms with Gasteiger partial charge >= 0.3 is 0 Å². The molecule has 1 atom stereocenters. The van der Waals surface area contributed by atoms with Gasteiger partial charge in [0.05, 0.1) is 11.3 Å². The highest BCUT2D eigenvalue weighted by Gasteiger charge is 2.16. The second-order valence-corrected chi connectivity index (χ2v) is 4.74. The molecule has 0 aliphatic carbocycles. The number of aliphatic hydroxyl groups excluding tert-OH is 1. The van der Waals surface area contributed by atoms with Gasteiger partial charge in [-0.05, 0) is 42.0 Å². The van der Waals surface area contributed by atoms with Crippen LogP contribution in [0.1, 0.15) is 23.7 Å². The summed E-state index contributed by atoms with van der Waals surface area (Å²) in [6, 6.07) is 4.74. The summed E-state index contributed by atoms with van der Waals surface area (Å²) >= 11 is 5.94. The predicted molar refractivity (Wildman–Crippen MR) is 72.8 cm³/mol. The highest BCUT2D eigenvalue weighted by molar-refractivity contribution is 6.31. The molecule has 0 bridgehead atoms. The van der Waals surface area contributed by atoms with E-state index in [2.05, 4.69) is 20.8 Å². The molecule has 1 aromatic carbocycles. The number of rotatable bonds is 5. The van der Waals surface area contributed by atoms with E-state index in [1.165, 1.54) is 11.0 Å². The molecule has 8 heteroatoms. The molecule has 0 fully saturated rings. The Morgan fingerprint density at radius 2 is 2.35 bits per heavy atom. The topological polar surface area (TPSA) is 92.9 Å². The number of hydrogen-bond donors (Lipinski definition) is 2. The fraction of sp³-hybridized carbons (Fsp3) is 0.333. The van der Waals surface area contributed by atoms with Crippen molar-refractivity contribution in [1.29, 1.82) is 0 Å². The second kappa shape index (κ2) is 6.44. The van der Waals surface area contributed by atoms with Crippen molar-refractivity contribution in [2.24, 2.45) is 0 Å². The summed E-state index contributed by atoms with van der Waals surface area (Å²) in [5.41, 5.74) is 0.905. The van der Waals surface area contributed by atoms with E-state index in [4.69, 9.17) is 16.7 Å². The van der Waals surface area contributed by atoms with Crippen LogP contribution in [0.5, 0.6) is 0 Å². The van der Waals surface area contributed by atoms with Crippen LogP contribution in [-0.4, -0.2) is 43.9 Å². The number of carbonyl (C=O) groups excluding carboxylic acids is 1. The second-order valence-electron chi connectivity index (χ2n) is 4.30. The van der Waals surface area contributed by atoms with E-state index >= 15 is 0 Å². The van der Waals surface area contributed by atoms with E-state index < -0.39 is 0 Å². The van der Waals surface area contributed by atoms with Crippen molar-refractivity contribution in [3.05, 3.63) is 35.1 Å². The number of amides is 1. The van der Waals surface area contributed by atoms with E-state index in [1.54, 1.807) is 18.2 Å². The molecule has 0 saturated heterocycles. The van der Waals surface area contributed by atoms with Crippen LogP contribution >= 0.6 is 11.6 Å². The molecule has 2 N–H and O–H groups in total. The van der Waals surface area contributed by atoms with Crippen molar-refractivity contribution >= 4 is 17.5 Å². The summed E-state index contributed by atoms with van der Waals surface area (Å²) in [7, 11) is 0. The van der Waals surface area contributed by atoms with Crippen LogP contribution in [0.2, 0.25) is 5.02 Å². The molecule has 1 aromatic heterocycles. The van der Waals surface area contributed by atoms with Gasteiger partial charge in [-0.15, -0.1) is 5.10 Å². The molecular formula is C12H14ClN5O2. The first-order chi connectivity index (χ1) is 9.61. The molecule has 2 aromatic rings. The van der Waals surface area contributed by atoms with Crippen molar-refractivity contribution in [3.63, 3.8) is 0 Å². The third-order valence-corrected chi connectivity index (χ3v) is 2.97. The Morgan fingerprint density at radius 1 is 1.55 bits per heavy atom. The Hall–Kier alpha value is -1.99. The standard InChI is InChI=1S/C12H14ClN5O2/c1-8(4-5-19)15-12(20)10-6-9(13)2-3-11(10)18-7-14-16-17-18/h2-3,6-8,19H,4-5H2,1H3,(H,15,20). The van der Waals surface area contributed by atoms with E-state index in [9.17, 15) is 4.79 Å². The Labute approximate surface area is 120 Å². The third-order valence-electron chi connectivity index (χ3n) is 2.74. The molecule has 2 rings (SSSR count). The number of hydrogen-bond acceptors (Lipinski definition) is 5. The monoisotopic (exact) mass is 295 g/mol. The quantitative estimate of drug-likeness (QED) is 0.852. The maximum atomic E-state index is 12.3. The number of halogens is 1. The molecule has 0 saturated carbocycles. The SMILES string of the molecule is CC(CCO)NC(=O)c1cc(Cl)ccc1-n1cnnn1. The van der Waals surface area contributed by atoms with Crippen molar-refractivity contribution in [2.75, 3.05) is 6.61 Å². The zero-order valence-corrected chi connectivity index (χ0v) is 11.6. The molecule has 1 heterocycles. The maximum absolute atomic E-state index is 12.3. The highest BCUT2D eigenvalue weighted by Crippen LogP contribution is 2.19. The third kappa shape index (κ3) is 3.31. The Kier molecular flexibility index (Phi) is 4.65. The number of carbonyl (C=O) groups is 1. The minimum absolute atomic E-state index is 0.0108. The van der Waals surface area contributed by atoms with Gasteiger partial charge in [-0.1, -0.05) is 11.6 Å². The van der Waals surface area contributed by atoms with Gasteiger partial charge in [0.25, 0.3) is 5.91 Å². The largest absolute Gasteiger partial charge is 0.396 e. The molecule has 106 valence electrons. The van der Waals surface area contributed by atoms with Gasteiger partial charge in [0.15, 0.2) is 0 Å². The van der Waals surface area contributed by atoms with Gasteiger partial charge in [0, 0.05) is 17.7 Å². The highest BCUT2D eigenvalue weighted by atomic mass is 35.5. The molecule has 0 spiro atoms. The van der Waals surface area contributed by atoms with E-state index in [0.717, 1.165) is 0 Å². The molecular weight excluding hydrogens is 282 g/mol. The lowest BCUT2D eigenvalue weighted by molar-refractivity contribution is 0.0934. The van der Waals surface area contributed by atoms with E-state index in [0.29, 0.717) is 22.7 Å². The van der Waals surface area contributed by atoms with Crippen molar-refractivity contribution in [2.45, 2.75) is 19.4 Å². The summed E-state index contributed by atoms with van der Waals surface area (Å²) in [5, 5.41) is 23.0. The molecule has 0 aliphatic rings. The molecule has 7 nitrogen and oxygen atoms in total. The average Bonchev–Trinajstić information content (AvgIpc) is 2.92. The van der Waals surface area contributed by atoms with Crippen LogP contribution in [0.3, 0.4) is 0 Å². The zero-order valence-electron chi connectivity index (χ0n) is 10.8. The summed E-state index contributed by atoms with van der Waals surface area (Å²) < 4.78 is 1.39. The summed E-state index contributed by atoms with van der Waals surface area (Å²) in [4.78, 5) is 12.3. The smallest absolute Gasteiger partial charge is 0.253 e. The first-order valence-corrected chi connectivity index (χ1v) is 6.44. The lowest BCUT2D eigenvalue weighted by atomic mass is 10.1. The fourth-order valence-electron chi connectivity index (χ4n) is 1.73. The number of tetrazole rings is 1. The fourth-order valence-corrected chi connectivity index (χ4v) is 1.90. The van der Waals surface area contributed by atoms with Crippen LogP contribution in [0.25, 0.3) is 5.69 Å². The minimum Gasteiger partial charge on any atom is -0.396 e. The van der Waals surface area contributed by atoms with Crippen LogP contribution in [0.4, 0.5) is 0 Å². The van der Waals surface area contributed by atoms with Gasteiger partial charge in [-0.3, -0.25) is 4.79 Å². The Bertz CT molecular complexity index is 588.